The minimum atomic E-state index is -0.869. The lowest BCUT2D eigenvalue weighted by Gasteiger charge is -2.29. The molecule has 2 amide bonds. The van der Waals surface area contributed by atoms with Crippen molar-refractivity contribution in [3.05, 3.63) is 15.9 Å². The fraction of sp³-hybridized carbons (Fsp3) is 0.643. The zero-order valence-electron chi connectivity index (χ0n) is 12.9. The van der Waals surface area contributed by atoms with Gasteiger partial charge in [-0.05, 0) is 43.6 Å². The molecule has 1 aliphatic heterocycles. The van der Waals surface area contributed by atoms with Gasteiger partial charge in [0.25, 0.3) is 0 Å². The van der Waals surface area contributed by atoms with Crippen molar-refractivity contribution < 1.29 is 9.59 Å². The van der Waals surface area contributed by atoms with Gasteiger partial charge < -0.3 is 10.2 Å². The minimum Gasteiger partial charge on any atom is -0.342 e. The lowest BCUT2D eigenvalue weighted by atomic mass is 10.0. The Morgan fingerprint density at radius 3 is 2.67 bits per heavy atom. The Bertz CT molecular complexity index is 580. The maximum atomic E-state index is 12.6. The van der Waals surface area contributed by atoms with Gasteiger partial charge in [-0.2, -0.15) is 5.10 Å². The molecule has 1 fully saturated rings. The van der Waals surface area contributed by atoms with Crippen LogP contribution in [0.25, 0.3) is 0 Å². The van der Waals surface area contributed by atoms with E-state index in [-0.39, 0.29) is 11.8 Å². The fourth-order valence-corrected chi connectivity index (χ4v) is 2.96. The minimum absolute atomic E-state index is 0.0678. The fourth-order valence-electron chi connectivity index (χ4n) is 2.55. The molecule has 6 nitrogen and oxygen atoms in total. The number of carbonyl (C=O) groups excluding carboxylic acids is 2. The molecule has 116 valence electrons. The monoisotopic (exact) mass is 356 g/mol. The summed E-state index contributed by atoms with van der Waals surface area (Å²) in [5.74, 6) is -0.156. The molecule has 0 aromatic carbocycles. The first-order valence-corrected chi connectivity index (χ1v) is 7.87. The molecule has 0 radical (unpaired) electrons. The van der Waals surface area contributed by atoms with Crippen LogP contribution in [0.15, 0.2) is 4.47 Å². The normalized spacial score (nSPS) is 18.6. The van der Waals surface area contributed by atoms with E-state index in [1.807, 2.05) is 18.5 Å². The highest BCUT2D eigenvalue weighted by Gasteiger charge is 2.37. The van der Waals surface area contributed by atoms with Crippen molar-refractivity contribution in [3.63, 3.8) is 0 Å². The van der Waals surface area contributed by atoms with E-state index in [9.17, 15) is 9.59 Å². The van der Waals surface area contributed by atoms with Crippen LogP contribution in [0.3, 0.4) is 0 Å². The summed E-state index contributed by atoms with van der Waals surface area (Å²) >= 11 is 3.54. The van der Waals surface area contributed by atoms with Gasteiger partial charge in [0, 0.05) is 19.5 Å². The van der Waals surface area contributed by atoms with Gasteiger partial charge >= 0.3 is 0 Å². The number of rotatable bonds is 3. The lowest BCUT2D eigenvalue weighted by Crippen LogP contribution is -2.52. The molecule has 1 aromatic heterocycles. The molecule has 0 unspecified atom stereocenters. The topological polar surface area (TPSA) is 67.2 Å². The number of hydrogen-bond acceptors (Lipinski definition) is 3. The van der Waals surface area contributed by atoms with Crippen LogP contribution in [-0.4, -0.2) is 38.6 Å². The van der Waals surface area contributed by atoms with Gasteiger partial charge in [-0.25, -0.2) is 0 Å². The number of amides is 2. The van der Waals surface area contributed by atoms with Crippen LogP contribution in [0.2, 0.25) is 0 Å². The molecule has 0 spiro atoms. The van der Waals surface area contributed by atoms with Crippen molar-refractivity contribution >= 4 is 27.7 Å². The summed E-state index contributed by atoms with van der Waals surface area (Å²) in [4.78, 5) is 26.0. The number of nitrogens with one attached hydrogen (secondary N) is 1. The van der Waals surface area contributed by atoms with E-state index >= 15 is 0 Å². The number of nitrogens with zero attached hydrogens (tertiary/aromatic N) is 3. The maximum absolute atomic E-state index is 12.6. The van der Waals surface area contributed by atoms with Crippen molar-refractivity contribution in [2.45, 2.75) is 52.7 Å². The summed E-state index contributed by atoms with van der Waals surface area (Å²) in [5.41, 5.74) is 1.00. The second kappa shape index (κ2) is 5.79. The van der Waals surface area contributed by atoms with Crippen molar-refractivity contribution in [1.29, 1.82) is 0 Å². The van der Waals surface area contributed by atoms with Crippen molar-refractivity contribution in [2.24, 2.45) is 0 Å². The Hall–Kier alpha value is -1.37. The van der Waals surface area contributed by atoms with Crippen LogP contribution in [0, 0.1) is 6.92 Å². The van der Waals surface area contributed by atoms with Crippen molar-refractivity contribution in [2.75, 3.05) is 6.54 Å². The molecule has 0 atom stereocenters. The molecule has 1 saturated heterocycles. The summed E-state index contributed by atoms with van der Waals surface area (Å²) in [7, 11) is 0. The van der Waals surface area contributed by atoms with E-state index in [0.29, 0.717) is 19.5 Å². The van der Waals surface area contributed by atoms with Crippen LogP contribution >= 0.6 is 15.9 Å². The van der Waals surface area contributed by atoms with Crippen LogP contribution in [-0.2, 0) is 22.7 Å². The van der Waals surface area contributed by atoms with Gasteiger partial charge in [0.05, 0.1) is 22.4 Å². The van der Waals surface area contributed by atoms with Gasteiger partial charge in [0.15, 0.2) is 0 Å². The van der Waals surface area contributed by atoms with Crippen LogP contribution < -0.4 is 5.32 Å². The number of hydrogen-bond donors (Lipinski definition) is 1. The lowest BCUT2D eigenvalue weighted by molar-refractivity contribution is -0.137. The standard InChI is InChI=1S/C14H21BrN4O2/c1-5-19-10(12(15)9(2)17-19)8-18-7-6-11(20)16-14(3,4)13(18)21/h5-8H2,1-4H3,(H,16,20). The molecule has 1 N–H and O–H groups in total. The predicted octanol–water partition coefficient (Wildman–Crippen LogP) is 1.60. The van der Waals surface area contributed by atoms with Gasteiger partial charge in [-0.15, -0.1) is 0 Å². The van der Waals surface area contributed by atoms with Crippen LogP contribution in [0.1, 0.15) is 38.6 Å². The highest BCUT2D eigenvalue weighted by Crippen LogP contribution is 2.24. The maximum Gasteiger partial charge on any atom is 0.248 e. The quantitative estimate of drug-likeness (QED) is 0.894. The number of carbonyl (C=O) groups is 2. The molecule has 0 bridgehead atoms. The molecule has 21 heavy (non-hydrogen) atoms. The first-order valence-electron chi connectivity index (χ1n) is 7.08. The first kappa shape index (κ1) is 16.0. The molecular formula is C14H21BrN4O2. The van der Waals surface area contributed by atoms with Gasteiger partial charge in [0.1, 0.15) is 5.54 Å². The largest absolute Gasteiger partial charge is 0.342 e. The number of aryl methyl sites for hydroxylation is 2. The summed E-state index contributed by atoms with van der Waals surface area (Å²) in [6.45, 7) is 9.04. The molecule has 2 heterocycles. The number of aromatic nitrogens is 2. The Labute approximate surface area is 133 Å². The van der Waals surface area contributed by atoms with E-state index in [4.69, 9.17) is 0 Å². The second-order valence-electron chi connectivity index (χ2n) is 5.81. The van der Waals surface area contributed by atoms with Gasteiger partial charge in [0.2, 0.25) is 11.8 Å². The zero-order valence-corrected chi connectivity index (χ0v) is 14.5. The Balaban J connectivity index is 2.30. The third-order valence-electron chi connectivity index (χ3n) is 3.68. The Morgan fingerprint density at radius 2 is 2.05 bits per heavy atom. The molecule has 0 saturated carbocycles. The predicted molar refractivity (Wildman–Crippen MR) is 82.6 cm³/mol. The molecule has 1 aliphatic rings. The molecule has 0 aliphatic carbocycles. The Morgan fingerprint density at radius 1 is 1.38 bits per heavy atom. The molecular weight excluding hydrogens is 336 g/mol. The highest BCUT2D eigenvalue weighted by molar-refractivity contribution is 9.10. The third-order valence-corrected chi connectivity index (χ3v) is 4.71. The summed E-state index contributed by atoms with van der Waals surface area (Å²) in [6, 6.07) is 0. The smallest absolute Gasteiger partial charge is 0.248 e. The van der Waals surface area contributed by atoms with E-state index in [1.165, 1.54) is 0 Å². The van der Waals surface area contributed by atoms with Gasteiger partial charge in [-0.1, -0.05) is 0 Å². The van der Waals surface area contributed by atoms with E-state index in [1.54, 1.807) is 18.7 Å². The number of halogens is 1. The first-order chi connectivity index (χ1) is 9.76. The zero-order chi connectivity index (χ0) is 15.8. The van der Waals surface area contributed by atoms with Gasteiger partial charge in [-0.3, -0.25) is 14.3 Å². The summed E-state index contributed by atoms with van der Waals surface area (Å²) in [5, 5.41) is 7.21. The van der Waals surface area contributed by atoms with E-state index in [2.05, 4.69) is 26.3 Å². The molecule has 7 heteroatoms. The summed E-state index contributed by atoms with van der Waals surface area (Å²) < 4.78 is 2.82. The van der Waals surface area contributed by atoms with Crippen molar-refractivity contribution in [3.8, 4) is 0 Å². The van der Waals surface area contributed by atoms with Crippen molar-refractivity contribution in [1.82, 2.24) is 20.0 Å². The molecule has 2 rings (SSSR count). The van der Waals surface area contributed by atoms with Crippen LogP contribution in [0.5, 0.6) is 0 Å². The average molecular weight is 357 g/mol. The highest BCUT2D eigenvalue weighted by atomic mass is 79.9. The van der Waals surface area contributed by atoms with E-state index in [0.717, 1.165) is 22.4 Å². The van der Waals surface area contributed by atoms with Crippen LogP contribution in [0.4, 0.5) is 0 Å². The average Bonchev–Trinajstić information content (AvgIpc) is 2.63. The van der Waals surface area contributed by atoms with E-state index < -0.39 is 5.54 Å². The Kier molecular flexibility index (Phi) is 4.41. The second-order valence-corrected chi connectivity index (χ2v) is 6.60. The summed E-state index contributed by atoms with van der Waals surface area (Å²) in [6.07, 6.45) is 0.325. The molecule has 1 aromatic rings. The SMILES string of the molecule is CCn1nc(C)c(Br)c1CN1CCC(=O)NC(C)(C)C1=O. The third kappa shape index (κ3) is 3.12.